The summed E-state index contributed by atoms with van der Waals surface area (Å²) in [4.78, 5) is 30.5. The standard InChI is InChI=1S/C22H30N4O3/c1-6-26(7-2)22(28)25-19-11-8-17(9-12-19)16(5)24-21(27)18-10-13-20(23-14-18)29-15(3)4/h8-16H,6-7H2,1-5H3,(H,24,27)(H,25,28)/t16-/m0/s1. The van der Waals surface area contributed by atoms with Crippen LogP contribution in [0.2, 0.25) is 0 Å². The minimum absolute atomic E-state index is 0.0296. The van der Waals surface area contributed by atoms with Crippen molar-refractivity contribution in [2.45, 2.75) is 46.8 Å². The van der Waals surface area contributed by atoms with Crippen molar-refractivity contribution in [1.29, 1.82) is 0 Å². The summed E-state index contributed by atoms with van der Waals surface area (Å²) in [5.74, 6) is 0.284. The SMILES string of the molecule is CCN(CC)C(=O)Nc1ccc([C@H](C)NC(=O)c2ccc(OC(C)C)nc2)cc1. The quantitative estimate of drug-likeness (QED) is 0.697. The predicted molar refractivity (Wildman–Crippen MR) is 114 cm³/mol. The number of urea groups is 1. The first-order valence-electron chi connectivity index (χ1n) is 9.93. The van der Waals surface area contributed by atoms with Crippen LogP contribution in [0.1, 0.15) is 56.6 Å². The third kappa shape index (κ3) is 6.48. The summed E-state index contributed by atoms with van der Waals surface area (Å²) >= 11 is 0. The fraction of sp³-hybridized carbons (Fsp3) is 0.409. The van der Waals surface area contributed by atoms with Crippen LogP contribution in [-0.2, 0) is 0 Å². The molecular formula is C22H30N4O3. The van der Waals surface area contributed by atoms with Crippen LogP contribution in [-0.4, -0.2) is 41.0 Å². The lowest BCUT2D eigenvalue weighted by molar-refractivity contribution is 0.0939. The molecule has 7 heteroatoms. The fourth-order valence-corrected chi connectivity index (χ4v) is 2.76. The van der Waals surface area contributed by atoms with Crippen LogP contribution in [0.4, 0.5) is 10.5 Å². The van der Waals surface area contributed by atoms with Gasteiger partial charge in [0.25, 0.3) is 5.91 Å². The normalized spacial score (nSPS) is 11.7. The molecule has 2 rings (SSSR count). The zero-order valence-corrected chi connectivity index (χ0v) is 17.7. The Morgan fingerprint density at radius 3 is 2.21 bits per heavy atom. The van der Waals surface area contributed by atoms with E-state index in [0.717, 1.165) is 5.56 Å². The minimum Gasteiger partial charge on any atom is -0.475 e. The summed E-state index contributed by atoms with van der Waals surface area (Å²) < 4.78 is 5.49. The number of carbonyl (C=O) groups excluding carboxylic acids is 2. The molecule has 2 aromatic rings. The molecule has 29 heavy (non-hydrogen) atoms. The molecule has 0 spiro atoms. The van der Waals surface area contributed by atoms with Crippen LogP contribution in [0, 0.1) is 0 Å². The molecule has 2 N–H and O–H groups in total. The molecule has 0 bridgehead atoms. The number of ether oxygens (including phenoxy) is 1. The number of anilines is 1. The highest BCUT2D eigenvalue weighted by atomic mass is 16.5. The second-order valence-corrected chi connectivity index (χ2v) is 6.97. The van der Waals surface area contributed by atoms with Crippen molar-refractivity contribution in [2.24, 2.45) is 0 Å². The average molecular weight is 399 g/mol. The highest BCUT2D eigenvalue weighted by molar-refractivity contribution is 5.94. The van der Waals surface area contributed by atoms with Crippen molar-refractivity contribution in [3.05, 3.63) is 53.7 Å². The van der Waals surface area contributed by atoms with Gasteiger partial charge in [0.05, 0.1) is 17.7 Å². The summed E-state index contributed by atoms with van der Waals surface area (Å²) in [6.07, 6.45) is 1.54. The Bertz CT molecular complexity index is 800. The number of rotatable bonds is 8. The van der Waals surface area contributed by atoms with E-state index in [0.29, 0.717) is 30.2 Å². The second kappa shape index (κ2) is 10.5. The van der Waals surface area contributed by atoms with E-state index in [9.17, 15) is 9.59 Å². The van der Waals surface area contributed by atoms with Gasteiger partial charge in [-0.25, -0.2) is 9.78 Å². The molecule has 3 amide bonds. The molecule has 0 aliphatic rings. The van der Waals surface area contributed by atoms with Crippen LogP contribution in [0.3, 0.4) is 0 Å². The van der Waals surface area contributed by atoms with Gasteiger partial charge in [-0.3, -0.25) is 4.79 Å². The number of aromatic nitrogens is 1. The van der Waals surface area contributed by atoms with E-state index in [1.54, 1.807) is 17.0 Å². The number of benzene rings is 1. The van der Waals surface area contributed by atoms with E-state index in [2.05, 4.69) is 15.6 Å². The van der Waals surface area contributed by atoms with E-state index >= 15 is 0 Å². The van der Waals surface area contributed by atoms with Gasteiger partial charge in [-0.2, -0.15) is 0 Å². The molecule has 1 aromatic heterocycles. The third-order valence-corrected chi connectivity index (χ3v) is 4.42. The Kier molecular flexibility index (Phi) is 8.00. The molecule has 1 aromatic carbocycles. The zero-order chi connectivity index (χ0) is 21.4. The first-order valence-corrected chi connectivity index (χ1v) is 9.93. The van der Waals surface area contributed by atoms with Crippen molar-refractivity contribution in [1.82, 2.24) is 15.2 Å². The molecule has 0 radical (unpaired) electrons. The Hall–Kier alpha value is -3.09. The number of pyridine rings is 1. The summed E-state index contributed by atoms with van der Waals surface area (Å²) in [6.45, 7) is 10.9. The van der Waals surface area contributed by atoms with Gasteiger partial charge in [0.15, 0.2) is 0 Å². The number of carbonyl (C=O) groups is 2. The summed E-state index contributed by atoms with van der Waals surface area (Å²) in [5, 5.41) is 5.83. The van der Waals surface area contributed by atoms with Crippen molar-refractivity contribution in [2.75, 3.05) is 18.4 Å². The Morgan fingerprint density at radius 1 is 1.03 bits per heavy atom. The molecule has 1 atom stereocenters. The van der Waals surface area contributed by atoms with Gasteiger partial charge in [0, 0.05) is 31.0 Å². The highest BCUT2D eigenvalue weighted by Crippen LogP contribution is 2.17. The number of hydrogen-bond acceptors (Lipinski definition) is 4. The summed E-state index contributed by atoms with van der Waals surface area (Å²) in [5.41, 5.74) is 2.12. The van der Waals surface area contributed by atoms with Gasteiger partial charge in [-0.1, -0.05) is 12.1 Å². The Labute approximate surface area is 172 Å². The molecule has 0 aliphatic carbocycles. The zero-order valence-electron chi connectivity index (χ0n) is 17.7. The van der Waals surface area contributed by atoms with Crippen molar-refractivity contribution in [3.63, 3.8) is 0 Å². The van der Waals surface area contributed by atoms with Gasteiger partial charge in [-0.15, -0.1) is 0 Å². The molecule has 1 heterocycles. The third-order valence-electron chi connectivity index (χ3n) is 4.42. The lowest BCUT2D eigenvalue weighted by atomic mass is 10.1. The number of nitrogens with zero attached hydrogens (tertiary/aromatic N) is 2. The van der Waals surface area contributed by atoms with E-state index in [4.69, 9.17) is 4.74 Å². The molecule has 156 valence electrons. The maximum absolute atomic E-state index is 12.5. The minimum atomic E-state index is -0.208. The largest absolute Gasteiger partial charge is 0.475 e. The van der Waals surface area contributed by atoms with Crippen LogP contribution in [0.15, 0.2) is 42.6 Å². The van der Waals surface area contributed by atoms with Crippen molar-refractivity contribution < 1.29 is 14.3 Å². The van der Waals surface area contributed by atoms with E-state index in [1.165, 1.54) is 6.20 Å². The molecular weight excluding hydrogens is 368 g/mol. The van der Waals surface area contributed by atoms with E-state index in [-0.39, 0.29) is 24.1 Å². The molecule has 0 saturated carbocycles. The van der Waals surface area contributed by atoms with Gasteiger partial charge in [0.1, 0.15) is 0 Å². The number of hydrogen-bond donors (Lipinski definition) is 2. The lowest BCUT2D eigenvalue weighted by Gasteiger charge is -2.19. The molecule has 7 nitrogen and oxygen atoms in total. The van der Waals surface area contributed by atoms with Gasteiger partial charge in [0.2, 0.25) is 5.88 Å². The molecule has 0 aliphatic heterocycles. The van der Waals surface area contributed by atoms with Crippen LogP contribution in [0.5, 0.6) is 5.88 Å². The van der Waals surface area contributed by atoms with Crippen molar-refractivity contribution >= 4 is 17.6 Å². The highest BCUT2D eigenvalue weighted by Gasteiger charge is 2.13. The van der Waals surface area contributed by atoms with E-state index in [1.807, 2.05) is 58.9 Å². The first-order chi connectivity index (χ1) is 13.8. The molecule has 0 saturated heterocycles. The summed E-state index contributed by atoms with van der Waals surface area (Å²) in [7, 11) is 0. The second-order valence-electron chi connectivity index (χ2n) is 6.97. The monoisotopic (exact) mass is 398 g/mol. The molecule has 0 fully saturated rings. The molecule has 0 unspecified atom stereocenters. The van der Waals surface area contributed by atoms with E-state index < -0.39 is 0 Å². The lowest BCUT2D eigenvalue weighted by Crippen LogP contribution is -2.34. The first kappa shape index (κ1) is 22.2. The number of amides is 3. The van der Waals surface area contributed by atoms with Crippen LogP contribution in [0.25, 0.3) is 0 Å². The topological polar surface area (TPSA) is 83.6 Å². The van der Waals surface area contributed by atoms with Gasteiger partial charge in [-0.05, 0) is 58.4 Å². The summed E-state index contributed by atoms with van der Waals surface area (Å²) in [6, 6.07) is 10.5. The van der Waals surface area contributed by atoms with Gasteiger partial charge >= 0.3 is 6.03 Å². The van der Waals surface area contributed by atoms with Crippen LogP contribution < -0.4 is 15.4 Å². The fourth-order valence-electron chi connectivity index (χ4n) is 2.76. The smallest absolute Gasteiger partial charge is 0.321 e. The Balaban J connectivity index is 1.95. The Morgan fingerprint density at radius 2 is 1.69 bits per heavy atom. The maximum Gasteiger partial charge on any atom is 0.321 e. The van der Waals surface area contributed by atoms with Crippen LogP contribution >= 0.6 is 0 Å². The predicted octanol–water partition coefficient (Wildman–Crippen LogP) is 4.23. The van der Waals surface area contributed by atoms with Gasteiger partial charge < -0.3 is 20.3 Å². The maximum atomic E-state index is 12.5. The van der Waals surface area contributed by atoms with Crippen molar-refractivity contribution in [3.8, 4) is 5.88 Å². The number of nitrogens with one attached hydrogen (secondary N) is 2. The average Bonchev–Trinajstić information content (AvgIpc) is 2.69.